The Balaban J connectivity index is -0.00000000167. The van der Waals surface area contributed by atoms with E-state index >= 15 is 0 Å². The van der Waals surface area contributed by atoms with Crippen LogP contribution in [-0.2, 0) is 0 Å². The van der Waals surface area contributed by atoms with Gasteiger partial charge in [0.2, 0.25) is 0 Å². The van der Waals surface area contributed by atoms with Crippen LogP contribution in [0.25, 0.3) is 0 Å². The van der Waals surface area contributed by atoms with Gasteiger partial charge < -0.3 is 25.7 Å². The topological polar surface area (TPSA) is 0 Å². The molecule has 0 saturated carbocycles. The molecular weight excluding hydrogens is 204 g/mol. The van der Waals surface area contributed by atoms with E-state index in [9.17, 15) is 0 Å². The minimum Gasteiger partial charge on any atom is -1.00 e. The van der Waals surface area contributed by atoms with Crippen LogP contribution in [0.2, 0.25) is 0 Å². The van der Waals surface area contributed by atoms with E-state index in [-0.39, 0.29) is 206 Å². The Labute approximate surface area is 223 Å². The van der Waals surface area contributed by atoms with Gasteiger partial charge >= 0.3 is 206 Å². The average molecular weight is 204 g/mol. The van der Waals surface area contributed by atoms with Crippen LogP contribution in [0.5, 0.6) is 0 Å². The van der Waals surface area contributed by atoms with Gasteiger partial charge in [-0.15, -0.1) is 0 Å². The summed E-state index contributed by atoms with van der Waals surface area (Å²) in [6.45, 7) is 0. The molecule has 0 spiro atoms. The largest absolute Gasteiger partial charge is 1.00 e. The van der Waals surface area contributed by atoms with Gasteiger partial charge in [-0.25, -0.2) is 0 Å². The summed E-state index contributed by atoms with van der Waals surface area (Å²) < 4.78 is 0. The summed E-state index contributed by atoms with van der Waals surface area (Å²) in [7, 11) is 0. The molecule has 0 radical (unpaired) electrons. The fraction of sp³-hybridized carbons (Fsp3) is 0. The van der Waals surface area contributed by atoms with E-state index in [4.69, 9.17) is 25.7 Å². The van der Waals surface area contributed by atoms with Crippen LogP contribution in [0, 0.1) is 25.7 Å². The number of hydrogen-bond acceptors (Lipinski definition) is 0. The molecule has 0 aromatic carbocycles. The number of rotatable bonds is 0. The first-order valence-electron chi connectivity index (χ1n) is 0.500. The summed E-state index contributed by atoms with van der Waals surface area (Å²) in [5.41, 5.74) is 0. The molecule has 0 N–H and O–H groups in total. The van der Waals surface area contributed by atoms with Crippen molar-refractivity contribution in [3.63, 3.8) is 0 Å². The summed E-state index contributed by atoms with van der Waals surface area (Å²) >= 11 is 0. The van der Waals surface area contributed by atoms with Gasteiger partial charge in [0.15, 0.2) is 0 Å². The van der Waals surface area contributed by atoms with Gasteiger partial charge in [0.05, 0.1) is 0 Å². The monoisotopic (exact) mass is 204 g/mol. The fourth-order valence-corrected chi connectivity index (χ4v) is 0. The maximum Gasteiger partial charge on any atom is 1.00 e. The van der Waals surface area contributed by atoms with Crippen LogP contribution < -0.4 is 206 Å². The molecule has 4 heteroatoms. The molecule has 0 saturated heterocycles. The van der Waals surface area contributed by atoms with E-state index in [1.807, 2.05) is 0 Å². The molecule has 0 aliphatic heterocycles. The van der Waals surface area contributed by atoms with Crippen LogP contribution in [0.1, 0.15) is 0 Å². The molecule has 0 rings (SSSR count). The van der Waals surface area contributed by atoms with Crippen molar-refractivity contribution in [2.75, 3.05) is 0 Å². The fourth-order valence-electron chi connectivity index (χ4n) is 0. The molecular formula is C4K4. The van der Waals surface area contributed by atoms with Crippen LogP contribution in [-0.4, -0.2) is 0 Å². The van der Waals surface area contributed by atoms with Crippen LogP contribution >= 0.6 is 0 Å². The van der Waals surface area contributed by atoms with Gasteiger partial charge in [-0.3, -0.25) is 0 Å². The molecule has 0 bridgehead atoms. The minimum absolute atomic E-state index is 0. The van der Waals surface area contributed by atoms with Gasteiger partial charge in [0, 0.05) is 0 Å². The Morgan fingerprint density at radius 3 is 0.375 bits per heavy atom. The molecule has 0 aromatic heterocycles. The molecule has 20 valence electrons. The first-order valence-corrected chi connectivity index (χ1v) is 0.500. The van der Waals surface area contributed by atoms with Gasteiger partial charge in [-0.1, -0.05) is 0 Å². The van der Waals surface area contributed by atoms with Gasteiger partial charge in [0.25, 0.3) is 0 Å². The minimum atomic E-state index is 0. The normalized spacial score (nSPS) is 0.500. The molecule has 0 unspecified atom stereocenters. The molecule has 0 aliphatic rings. The van der Waals surface area contributed by atoms with E-state index in [0.717, 1.165) is 0 Å². The molecule has 0 fully saturated rings. The van der Waals surface area contributed by atoms with Crippen molar-refractivity contribution in [2.45, 2.75) is 0 Å². The second-order valence-corrected chi connectivity index (χ2v) is 0. The second kappa shape index (κ2) is 53.7. The standard InChI is InChI=1S/2C2.4K/c2*1-2;;;;/q2*-2;4*+1. The second-order valence-electron chi connectivity index (χ2n) is 0. The molecule has 0 aliphatic carbocycles. The smallest absolute Gasteiger partial charge is 1.00 e. The maximum atomic E-state index is 5.00. The van der Waals surface area contributed by atoms with Crippen molar-refractivity contribution in [1.29, 1.82) is 0 Å². The average Bonchev–Trinajstić information content (AvgIpc) is 1.50. The summed E-state index contributed by atoms with van der Waals surface area (Å²) in [5, 5.41) is 0. The van der Waals surface area contributed by atoms with Gasteiger partial charge in [-0.05, 0) is 0 Å². The third-order valence-electron chi connectivity index (χ3n) is 0. The van der Waals surface area contributed by atoms with Gasteiger partial charge in [0.1, 0.15) is 0 Å². The first kappa shape index (κ1) is 37.3. The Morgan fingerprint density at radius 2 is 0.375 bits per heavy atom. The van der Waals surface area contributed by atoms with Crippen LogP contribution in [0.4, 0.5) is 0 Å². The van der Waals surface area contributed by atoms with E-state index in [1.165, 1.54) is 0 Å². The van der Waals surface area contributed by atoms with E-state index in [1.54, 1.807) is 0 Å². The number of hydrogen-bond donors (Lipinski definition) is 0. The molecule has 0 nitrogen and oxygen atoms in total. The zero-order valence-corrected chi connectivity index (χ0v) is 18.5. The summed E-state index contributed by atoms with van der Waals surface area (Å²) in [4.78, 5) is 0. The van der Waals surface area contributed by atoms with Crippen molar-refractivity contribution < 1.29 is 206 Å². The third-order valence-corrected chi connectivity index (χ3v) is 0. The van der Waals surface area contributed by atoms with Crippen molar-refractivity contribution >= 4 is 0 Å². The summed E-state index contributed by atoms with van der Waals surface area (Å²) in [6.07, 6.45) is 20.0. The molecule has 8 heavy (non-hydrogen) atoms. The first-order chi connectivity index (χ1) is 2.00. The SMILES string of the molecule is [C-]#[C-].[C-]#[C-].[K+].[K+].[K+].[K+]. The maximum absolute atomic E-state index is 5.00. The third kappa shape index (κ3) is 41.3. The van der Waals surface area contributed by atoms with E-state index < -0.39 is 0 Å². The quantitative estimate of drug-likeness (QED) is 0.209. The predicted octanol–water partition coefficient (Wildman–Crippen LogP) is -11.7. The zero-order valence-electron chi connectivity index (χ0n) is 6.00. The van der Waals surface area contributed by atoms with E-state index in [2.05, 4.69) is 0 Å². The van der Waals surface area contributed by atoms with Crippen molar-refractivity contribution in [2.24, 2.45) is 0 Å². The Morgan fingerprint density at radius 1 is 0.375 bits per heavy atom. The molecule has 0 amide bonds. The molecule has 0 aromatic rings. The van der Waals surface area contributed by atoms with Crippen molar-refractivity contribution in [1.82, 2.24) is 0 Å². The van der Waals surface area contributed by atoms with Crippen LogP contribution in [0.15, 0.2) is 0 Å². The van der Waals surface area contributed by atoms with Crippen LogP contribution in [0.3, 0.4) is 0 Å². The van der Waals surface area contributed by atoms with Crippen molar-refractivity contribution in [3.05, 3.63) is 25.7 Å². The Kier molecular flexibility index (Phi) is 250. The molecule has 0 atom stereocenters. The Hall–Kier alpha value is 5.67. The predicted molar refractivity (Wildman–Crippen MR) is 13.0 cm³/mol. The summed E-state index contributed by atoms with van der Waals surface area (Å²) in [5.74, 6) is 0. The van der Waals surface area contributed by atoms with Crippen molar-refractivity contribution in [3.8, 4) is 0 Å². The van der Waals surface area contributed by atoms with Gasteiger partial charge in [-0.2, -0.15) is 0 Å². The zero-order chi connectivity index (χ0) is 4.00. The summed E-state index contributed by atoms with van der Waals surface area (Å²) in [6, 6.07) is 0. The van der Waals surface area contributed by atoms with E-state index in [0.29, 0.717) is 0 Å². The Bertz CT molecular complexity index is 23.5. The molecule has 0 heterocycles.